The molecule has 1 aliphatic heterocycles. The van der Waals surface area contributed by atoms with Crippen LogP contribution in [0.15, 0.2) is 0 Å². The average molecular weight is 263 g/mol. The fourth-order valence-electron chi connectivity index (χ4n) is 1.89. The van der Waals surface area contributed by atoms with Crippen LogP contribution < -0.4 is 4.90 Å². The summed E-state index contributed by atoms with van der Waals surface area (Å²) in [5.41, 5.74) is -0.723. The Morgan fingerprint density at radius 3 is 2.81 bits per heavy atom. The number of aliphatic hydroxyl groups is 1. The van der Waals surface area contributed by atoms with Crippen molar-refractivity contribution in [2.45, 2.75) is 25.4 Å². The van der Waals surface area contributed by atoms with Gasteiger partial charge in [-0.2, -0.15) is 4.98 Å². The van der Waals surface area contributed by atoms with Gasteiger partial charge in [-0.1, -0.05) is 11.6 Å². The number of anilines is 1. The molecule has 1 aliphatic rings. The number of hydrogen-bond donors (Lipinski definition) is 1. The Morgan fingerprint density at radius 2 is 2.12 bits per heavy atom. The molecule has 7 heteroatoms. The van der Waals surface area contributed by atoms with E-state index < -0.39 is 5.60 Å². The lowest BCUT2D eigenvalue weighted by Gasteiger charge is -2.37. The Hall–Kier alpha value is -0.650. The minimum Gasteiger partial charge on any atom is -0.388 e. The highest BCUT2D eigenvalue weighted by molar-refractivity contribution is 6.32. The maximum absolute atomic E-state index is 9.98. The van der Waals surface area contributed by atoms with Crippen LogP contribution in [0, 0.1) is 0 Å². The zero-order valence-corrected chi connectivity index (χ0v) is 10.3. The van der Waals surface area contributed by atoms with Crippen LogP contribution in [-0.4, -0.2) is 39.0 Å². The molecule has 16 heavy (non-hydrogen) atoms. The van der Waals surface area contributed by atoms with Crippen LogP contribution in [-0.2, 0) is 0 Å². The molecule has 0 amide bonds. The first-order valence-electron chi connectivity index (χ1n) is 5.01. The Balaban J connectivity index is 2.26. The fraction of sp³-hybridized carbons (Fsp3) is 0.667. The van der Waals surface area contributed by atoms with Crippen LogP contribution in [0.3, 0.4) is 0 Å². The molecule has 0 bridgehead atoms. The molecule has 1 saturated heterocycles. The highest BCUT2D eigenvalue weighted by Crippen LogP contribution is 2.28. The number of piperidine rings is 1. The molecule has 1 fully saturated rings. The van der Waals surface area contributed by atoms with E-state index in [9.17, 15) is 5.11 Å². The summed E-state index contributed by atoms with van der Waals surface area (Å²) in [6.45, 7) is 3.05. The van der Waals surface area contributed by atoms with E-state index in [1.807, 2.05) is 4.90 Å². The van der Waals surface area contributed by atoms with Crippen molar-refractivity contribution in [2.75, 3.05) is 18.0 Å². The van der Waals surface area contributed by atoms with Crippen molar-refractivity contribution in [3.63, 3.8) is 0 Å². The number of nitrogens with zero attached hydrogens (tertiary/aromatic N) is 4. The van der Waals surface area contributed by atoms with Crippen LogP contribution in [0.1, 0.15) is 19.8 Å². The molecule has 0 aromatic carbocycles. The van der Waals surface area contributed by atoms with E-state index in [-0.39, 0.29) is 10.4 Å². The number of halogens is 2. The van der Waals surface area contributed by atoms with E-state index in [2.05, 4.69) is 15.2 Å². The Bertz CT molecular complexity index is 399. The van der Waals surface area contributed by atoms with Crippen LogP contribution >= 0.6 is 23.2 Å². The topological polar surface area (TPSA) is 62.1 Å². The molecule has 2 heterocycles. The van der Waals surface area contributed by atoms with Crippen molar-refractivity contribution in [3.05, 3.63) is 10.4 Å². The molecular formula is C9H12Cl2N4O. The first-order valence-corrected chi connectivity index (χ1v) is 5.77. The standard InChI is InChI=1S/C9H12Cl2N4O/c1-9(16)3-2-4-15(5-9)7-6(10)13-14-8(11)12-7/h16H,2-5H2,1H3. The molecule has 1 aromatic rings. The molecule has 0 spiro atoms. The van der Waals surface area contributed by atoms with Gasteiger partial charge in [0.25, 0.3) is 0 Å². The van der Waals surface area contributed by atoms with Gasteiger partial charge < -0.3 is 10.0 Å². The van der Waals surface area contributed by atoms with Crippen molar-refractivity contribution in [3.8, 4) is 0 Å². The van der Waals surface area contributed by atoms with Crippen LogP contribution in [0.25, 0.3) is 0 Å². The van der Waals surface area contributed by atoms with Crippen LogP contribution in [0.5, 0.6) is 0 Å². The highest BCUT2D eigenvalue weighted by Gasteiger charge is 2.30. The molecule has 5 nitrogen and oxygen atoms in total. The Morgan fingerprint density at radius 1 is 1.38 bits per heavy atom. The monoisotopic (exact) mass is 262 g/mol. The molecule has 1 atom stereocenters. The van der Waals surface area contributed by atoms with E-state index >= 15 is 0 Å². The van der Waals surface area contributed by atoms with E-state index in [0.29, 0.717) is 12.4 Å². The number of aromatic nitrogens is 3. The van der Waals surface area contributed by atoms with Gasteiger partial charge in [-0.3, -0.25) is 0 Å². The lowest BCUT2D eigenvalue weighted by molar-refractivity contribution is 0.0447. The van der Waals surface area contributed by atoms with Gasteiger partial charge in [-0.25, -0.2) is 0 Å². The number of β-amino-alcohol motifs (C(OH)–C–C–N with tert-alkyl or cyclic N) is 1. The lowest BCUT2D eigenvalue weighted by atomic mass is 9.95. The lowest BCUT2D eigenvalue weighted by Crippen LogP contribution is -2.46. The Kier molecular flexibility index (Phi) is 3.19. The van der Waals surface area contributed by atoms with Crippen molar-refractivity contribution in [1.29, 1.82) is 0 Å². The molecule has 0 radical (unpaired) electrons. The van der Waals surface area contributed by atoms with Crippen molar-refractivity contribution in [2.24, 2.45) is 0 Å². The van der Waals surface area contributed by atoms with Crippen LogP contribution in [0.2, 0.25) is 10.4 Å². The third-order valence-corrected chi connectivity index (χ3v) is 2.98. The maximum atomic E-state index is 9.98. The van der Waals surface area contributed by atoms with E-state index in [4.69, 9.17) is 23.2 Å². The molecule has 1 unspecified atom stereocenters. The van der Waals surface area contributed by atoms with Gasteiger partial charge in [0.15, 0.2) is 11.0 Å². The molecule has 1 N–H and O–H groups in total. The second-order valence-electron chi connectivity index (χ2n) is 4.22. The minimum absolute atomic E-state index is 0.0598. The third-order valence-electron chi connectivity index (χ3n) is 2.58. The van der Waals surface area contributed by atoms with Gasteiger partial charge in [0.05, 0.1) is 5.60 Å². The molecule has 0 saturated carbocycles. The first kappa shape index (κ1) is 11.8. The minimum atomic E-state index is -0.723. The van der Waals surface area contributed by atoms with Crippen molar-refractivity contribution in [1.82, 2.24) is 15.2 Å². The largest absolute Gasteiger partial charge is 0.388 e. The predicted octanol–water partition coefficient (Wildman–Crippen LogP) is 1.53. The third kappa shape index (κ3) is 2.53. The SMILES string of the molecule is CC1(O)CCCN(c2nc(Cl)nnc2Cl)C1. The summed E-state index contributed by atoms with van der Waals surface area (Å²) in [6, 6.07) is 0. The zero-order valence-electron chi connectivity index (χ0n) is 8.82. The second-order valence-corrected chi connectivity index (χ2v) is 4.91. The summed E-state index contributed by atoms with van der Waals surface area (Å²) in [5, 5.41) is 17.5. The molecule has 2 rings (SSSR count). The average Bonchev–Trinajstić information content (AvgIpc) is 2.20. The fourth-order valence-corrected chi connectivity index (χ4v) is 2.21. The molecule has 1 aromatic heterocycles. The summed E-state index contributed by atoms with van der Waals surface area (Å²) < 4.78 is 0. The summed E-state index contributed by atoms with van der Waals surface area (Å²) in [6.07, 6.45) is 1.65. The molecule has 0 aliphatic carbocycles. The summed E-state index contributed by atoms with van der Waals surface area (Å²) in [7, 11) is 0. The van der Waals surface area contributed by atoms with E-state index in [0.717, 1.165) is 19.4 Å². The van der Waals surface area contributed by atoms with Gasteiger partial charge in [0.2, 0.25) is 5.28 Å². The van der Waals surface area contributed by atoms with E-state index in [1.54, 1.807) is 6.92 Å². The smallest absolute Gasteiger partial charge is 0.245 e. The summed E-state index contributed by atoms with van der Waals surface area (Å²) >= 11 is 11.6. The molecule has 88 valence electrons. The van der Waals surface area contributed by atoms with E-state index in [1.165, 1.54) is 0 Å². The van der Waals surface area contributed by atoms with Gasteiger partial charge in [-0.05, 0) is 31.4 Å². The maximum Gasteiger partial charge on any atom is 0.245 e. The van der Waals surface area contributed by atoms with Crippen molar-refractivity contribution >= 4 is 29.0 Å². The quantitative estimate of drug-likeness (QED) is 0.832. The van der Waals surface area contributed by atoms with Gasteiger partial charge >= 0.3 is 0 Å². The Labute approximate surface area is 103 Å². The highest BCUT2D eigenvalue weighted by atomic mass is 35.5. The van der Waals surface area contributed by atoms with Gasteiger partial charge in [0, 0.05) is 13.1 Å². The summed E-state index contributed by atoms with van der Waals surface area (Å²) in [5.74, 6) is 0.488. The number of hydrogen-bond acceptors (Lipinski definition) is 5. The van der Waals surface area contributed by atoms with Gasteiger partial charge in [-0.15, -0.1) is 10.2 Å². The van der Waals surface area contributed by atoms with Gasteiger partial charge in [0.1, 0.15) is 0 Å². The summed E-state index contributed by atoms with van der Waals surface area (Å²) in [4.78, 5) is 5.92. The second kappa shape index (κ2) is 4.31. The predicted molar refractivity (Wildman–Crippen MR) is 61.9 cm³/mol. The zero-order chi connectivity index (χ0) is 11.8. The van der Waals surface area contributed by atoms with Crippen LogP contribution in [0.4, 0.5) is 5.82 Å². The van der Waals surface area contributed by atoms with Crippen molar-refractivity contribution < 1.29 is 5.11 Å². The molecular weight excluding hydrogens is 251 g/mol. The first-order chi connectivity index (χ1) is 7.48. The number of rotatable bonds is 1. The normalized spacial score (nSPS) is 25.9.